The summed E-state index contributed by atoms with van der Waals surface area (Å²) in [4.78, 5) is 28.1. The average Bonchev–Trinajstić information content (AvgIpc) is 2.42. The number of aromatic nitrogens is 2. The maximum Gasteiger partial charge on any atom is 0.448 e. The Bertz CT molecular complexity index is 462. The summed E-state index contributed by atoms with van der Waals surface area (Å²) in [6, 6.07) is 0. The number of hydrogen-bond donors (Lipinski definition) is 1. The molecule has 2 N–H and O–H groups in total. The van der Waals surface area contributed by atoms with Gasteiger partial charge in [-0.25, -0.2) is 0 Å². The summed E-state index contributed by atoms with van der Waals surface area (Å²) in [5.74, 6) is -2.37. The fraction of sp³-hybridized carbons (Fsp3) is 0. The maximum absolute atomic E-state index is 10.3. The molecule has 0 saturated heterocycles. The van der Waals surface area contributed by atoms with Crippen LogP contribution in [0.4, 0.5) is 17.3 Å². The lowest BCUT2D eigenvalue weighted by atomic mass is 10.5. The highest BCUT2D eigenvalue weighted by Crippen LogP contribution is 2.29. The van der Waals surface area contributed by atoms with Crippen LogP contribution in [0, 0.1) is 30.3 Å². The van der Waals surface area contributed by atoms with Crippen molar-refractivity contribution in [2.24, 2.45) is 0 Å². The molecule has 0 radical (unpaired) electrons. The van der Waals surface area contributed by atoms with Crippen LogP contribution in [-0.4, -0.2) is 24.8 Å². The molecule has 0 atom stereocenters. The molecule has 12 heteroatoms. The average molecular weight is 218 g/mol. The van der Waals surface area contributed by atoms with Gasteiger partial charge in [-0.3, -0.25) is 0 Å². The van der Waals surface area contributed by atoms with E-state index in [4.69, 9.17) is 5.73 Å². The molecule has 1 heterocycles. The normalized spacial score (nSPS) is 9.87. The second-order valence-corrected chi connectivity index (χ2v) is 2.20. The Morgan fingerprint density at radius 1 is 1.13 bits per heavy atom. The predicted molar refractivity (Wildman–Crippen MR) is 42.3 cm³/mol. The minimum Gasteiger partial charge on any atom is -0.384 e. The summed E-state index contributed by atoms with van der Waals surface area (Å²) in [7, 11) is 0. The van der Waals surface area contributed by atoms with Gasteiger partial charge in [-0.1, -0.05) is 0 Å². The Kier molecular flexibility index (Phi) is 2.17. The molecule has 1 aromatic rings. The zero-order chi connectivity index (χ0) is 11.7. The quantitative estimate of drug-likeness (QED) is 0.512. The molecule has 12 nitrogen and oxygen atoms in total. The number of nitro groups is 3. The van der Waals surface area contributed by atoms with Gasteiger partial charge in [-0.05, 0) is 9.85 Å². The van der Waals surface area contributed by atoms with E-state index in [0.717, 1.165) is 0 Å². The van der Waals surface area contributed by atoms with Crippen molar-refractivity contribution in [3.05, 3.63) is 30.3 Å². The topological polar surface area (TPSA) is 173 Å². The van der Waals surface area contributed by atoms with Crippen molar-refractivity contribution in [3.63, 3.8) is 0 Å². The molecule has 1 aromatic heterocycles. The first-order valence-electron chi connectivity index (χ1n) is 3.18. The summed E-state index contributed by atoms with van der Waals surface area (Å²) in [6.07, 6.45) is 0. The summed E-state index contributed by atoms with van der Waals surface area (Å²) in [5, 5.41) is 32.3. The summed E-state index contributed by atoms with van der Waals surface area (Å²) in [6.45, 7) is 0. The molecule has 0 amide bonds. The van der Waals surface area contributed by atoms with Gasteiger partial charge in [0.05, 0.1) is 0 Å². The minimum absolute atomic E-state index is 0.354. The van der Waals surface area contributed by atoms with E-state index in [1.165, 1.54) is 0 Å². The summed E-state index contributed by atoms with van der Waals surface area (Å²) >= 11 is 0. The van der Waals surface area contributed by atoms with Gasteiger partial charge in [0.15, 0.2) is 9.89 Å². The number of rotatable bonds is 3. The molecule has 0 spiro atoms. The highest BCUT2D eigenvalue weighted by Gasteiger charge is 2.39. The third-order valence-corrected chi connectivity index (χ3v) is 1.36. The zero-order valence-electron chi connectivity index (χ0n) is 6.76. The molecule has 80 valence electrons. The van der Waals surface area contributed by atoms with Crippen molar-refractivity contribution in [1.29, 1.82) is 0 Å². The van der Waals surface area contributed by atoms with Gasteiger partial charge in [-0.15, -0.1) is 0 Å². The smallest absolute Gasteiger partial charge is 0.384 e. The van der Waals surface area contributed by atoms with Gasteiger partial charge < -0.3 is 36.1 Å². The number of nitrogen functional groups attached to an aromatic ring is 1. The van der Waals surface area contributed by atoms with Crippen LogP contribution in [0.5, 0.6) is 0 Å². The van der Waals surface area contributed by atoms with E-state index in [9.17, 15) is 30.3 Å². The Labute approximate surface area is 79.3 Å². The molecule has 0 saturated carbocycles. The second kappa shape index (κ2) is 3.17. The van der Waals surface area contributed by atoms with Crippen molar-refractivity contribution >= 4 is 17.3 Å². The number of nitrogens with zero attached hydrogens (tertiary/aromatic N) is 5. The summed E-state index contributed by atoms with van der Waals surface area (Å²) < 4.78 is 0. The lowest BCUT2D eigenvalue weighted by Crippen LogP contribution is -2.13. The van der Waals surface area contributed by atoms with Crippen molar-refractivity contribution in [1.82, 2.24) is 9.89 Å². The van der Waals surface area contributed by atoms with Crippen LogP contribution in [0.25, 0.3) is 0 Å². The van der Waals surface area contributed by atoms with Crippen molar-refractivity contribution < 1.29 is 14.9 Å². The van der Waals surface area contributed by atoms with E-state index in [2.05, 4.69) is 5.10 Å². The molecular formula is C3H2N6O6. The third kappa shape index (κ3) is 1.50. The molecule has 0 fully saturated rings. The fourth-order valence-corrected chi connectivity index (χ4v) is 0.819. The zero-order valence-corrected chi connectivity index (χ0v) is 6.76. The Morgan fingerprint density at radius 3 is 1.93 bits per heavy atom. The van der Waals surface area contributed by atoms with E-state index < -0.39 is 32.2 Å². The second-order valence-electron chi connectivity index (χ2n) is 2.20. The Hall–Kier alpha value is -2.79. The van der Waals surface area contributed by atoms with E-state index >= 15 is 0 Å². The SMILES string of the molecule is Nc1c([N+](=O)[O-])nn([N+](=O)[O-])c1[N+](=O)[O-]. The van der Waals surface area contributed by atoms with E-state index in [1.54, 1.807) is 0 Å². The van der Waals surface area contributed by atoms with E-state index in [0.29, 0.717) is 0 Å². The maximum atomic E-state index is 10.3. The van der Waals surface area contributed by atoms with Crippen LogP contribution in [0.2, 0.25) is 0 Å². The predicted octanol–water partition coefficient (Wildman–Crippen LogP) is -0.678. The minimum atomic E-state index is -1.29. The van der Waals surface area contributed by atoms with Crippen LogP contribution in [0.1, 0.15) is 0 Å². The molecule has 0 unspecified atom stereocenters. The molecule has 1 rings (SSSR count). The Balaban J connectivity index is 3.53. The van der Waals surface area contributed by atoms with Gasteiger partial charge in [0.2, 0.25) is 5.69 Å². The van der Waals surface area contributed by atoms with Gasteiger partial charge in [0.25, 0.3) is 0 Å². The third-order valence-electron chi connectivity index (χ3n) is 1.36. The lowest BCUT2D eigenvalue weighted by Gasteiger charge is -1.90. The first-order valence-corrected chi connectivity index (χ1v) is 3.18. The molecule has 0 aliphatic heterocycles. The molecule has 0 aliphatic carbocycles. The standard InChI is InChI=1S/C3H2N6O6/c4-1-2(7(10)11)5-6(9(14)15)3(1)8(12)13/h4H2. The molecular weight excluding hydrogens is 216 g/mol. The monoisotopic (exact) mass is 218 g/mol. The van der Waals surface area contributed by atoms with Crippen LogP contribution in [0.3, 0.4) is 0 Å². The lowest BCUT2D eigenvalue weighted by molar-refractivity contribution is -0.570. The van der Waals surface area contributed by atoms with Crippen molar-refractivity contribution in [2.75, 3.05) is 5.73 Å². The molecule has 0 bridgehead atoms. The van der Waals surface area contributed by atoms with Gasteiger partial charge >= 0.3 is 11.6 Å². The van der Waals surface area contributed by atoms with Crippen molar-refractivity contribution in [2.45, 2.75) is 0 Å². The van der Waals surface area contributed by atoms with Crippen LogP contribution >= 0.6 is 0 Å². The van der Waals surface area contributed by atoms with E-state index in [-0.39, 0.29) is 4.79 Å². The van der Waals surface area contributed by atoms with Crippen LogP contribution in [-0.2, 0) is 0 Å². The largest absolute Gasteiger partial charge is 0.448 e. The van der Waals surface area contributed by atoms with Gasteiger partial charge in [-0.2, -0.15) is 0 Å². The fourth-order valence-electron chi connectivity index (χ4n) is 0.819. The highest BCUT2D eigenvalue weighted by atomic mass is 16.7. The number of anilines is 1. The van der Waals surface area contributed by atoms with Gasteiger partial charge in [0, 0.05) is 0 Å². The number of nitrogens with two attached hydrogens (primary N) is 1. The Morgan fingerprint density at radius 2 is 1.67 bits per heavy atom. The van der Waals surface area contributed by atoms with Crippen molar-refractivity contribution in [3.8, 4) is 0 Å². The first kappa shape index (κ1) is 10.3. The summed E-state index contributed by atoms with van der Waals surface area (Å²) in [5.41, 5.74) is 4.02. The van der Waals surface area contributed by atoms with Gasteiger partial charge in [0.1, 0.15) is 5.03 Å². The first-order chi connectivity index (χ1) is 6.86. The van der Waals surface area contributed by atoms with Crippen LogP contribution < -0.4 is 5.73 Å². The van der Waals surface area contributed by atoms with Crippen LogP contribution in [0.15, 0.2) is 0 Å². The highest BCUT2D eigenvalue weighted by molar-refractivity contribution is 5.64. The molecule has 15 heavy (non-hydrogen) atoms. The molecule has 0 aromatic carbocycles. The number of hydrogen-bond acceptors (Lipinski definition) is 8. The molecule has 0 aliphatic rings. The van der Waals surface area contributed by atoms with E-state index in [1.807, 2.05) is 0 Å².